The third kappa shape index (κ3) is 1.12. The van der Waals surface area contributed by atoms with Crippen molar-refractivity contribution in [3.05, 3.63) is 22.3 Å². The molecule has 1 N–H and O–H groups in total. The van der Waals surface area contributed by atoms with E-state index in [1.807, 2.05) is 6.20 Å². The minimum Gasteiger partial charge on any atom is -0.367 e. The Morgan fingerprint density at radius 1 is 1.50 bits per heavy atom. The molecule has 0 spiro atoms. The van der Waals surface area contributed by atoms with Gasteiger partial charge >= 0.3 is 0 Å². The highest BCUT2D eigenvalue weighted by molar-refractivity contribution is 9.10. The molecule has 64 valence electrons. The van der Waals surface area contributed by atoms with Gasteiger partial charge in [0.2, 0.25) is 0 Å². The standard InChI is InChI=1S/C9H11BrN2/c1-5-6(2)12-9-8(5)3-7(10)4-11-9/h3-6H,1-2H3,(H,11,12). The molecular weight excluding hydrogens is 216 g/mol. The number of fused-ring (bicyclic) bond motifs is 1. The summed E-state index contributed by atoms with van der Waals surface area (Å²) in [7, 11) is 0. The first kappa shape index (κ1) is 8.05. The minimum atomic E-state index is 0.502. The third-order valence-corrected chi connectivity index (χ3v) is 2.92. The Morgan fingerprint density at radius 2 is 2.25 bits per heavy atom. The highest BCUT2D eigenvalue weighted by Gasteiger charge is 2.25. The molecule has 0 saturated heterocycles. The molecule has 2 nitrogen and oxygen atoms in total. The van der Waals surface area contributed by atoms with Crippen LogP contribution in [0.2, 0.25) is 0 Å². The van der Waals surface area contributed by atoms with E-state index in [1.165, 1.54) is 5.56 Å². The lowest BCUT2D eigenvalue weighted by atomic mass is 10.0. The van der Waals surface area contributed by atoms with Crippen LogP contribution in [0.15, 0.2) is 16.7 Å². The fraction of sp³-hybridized carbons (Fsp3) is 0.444. The summed E-state index contributed by atoms with van der Waals surface area (Å²) in [6.07, 6.45) is 1.83. The molecule has 1 aromatic rings. The highest BCUT2D eigenvalue weighted by Crippen LogP contribution is 2.34. The minimum absolute atomic E-state index is 0.502. The van der Waals surface area contributed by atoms with Crippen LogP contribution in [0.4, 0.5) is 5.82 Å². The summed E-state index contributed by atoms with van der Waals surface area (Å²) in [6.45, 7) is 4.40. The van der Waals surface area contributed by atoms with Gasteiger partial charge in [-0.05, 0) is 28.9 Å². The van der Waals surface area contributed by atoms with E-state index in [0.717, 1.165) is 10.3 Å². The lowest BCUT2D eigenvalue weighted by molar-refractivity contribution is 0.690. The largest absolute Gasteiger partial charge is 0.367 e. The van der Waals surface area contributed by atoms with Crippen molar-refractivity contribution in [3.63, 3.8) is 0 Å². The van der Waals surface area contributed by atoms with Gasteiger partial charge in [0, 0.05) is 28.2 Å². The van der Waals surface area contributed by atoms with E-state index >= 15 is 0 Å². The van der Waals surface area contributed by atoms with Crippen LogP contribution < -0.4 is 5.32 Å². The van der Waals surface area contributed by atoms with Crippen molar-refractivity contribution in [3.8, 4) is 0 Å². The lowest BCUT2D eigenvalue weighted by Crippen LogP contribution is -2.13. The first-order valence-electron chi connectivity index (χ1n) is 4.10. The van der Waals surface area contributed by atoms with E-state index in [9.17, 15) is 0 Å². The summed E-state index contributed by atoms with van der Waals surface area (Å²) < 4.78 is 1.06. The van der Waals surface area contributed by atoms with Crippen molar-refractivity contribution in [2.45, 2.75) is 25.8 Å². The summed E-state index contributed by atoms with van der Waals surface area (Å²) in [5.74, 6) is 1.60. The number of halogens is 1. The molecule has 2 unspecified atom stereocenters. The molecule has 0 amide bonds. The maximum absolute atomic E-state index is 4.30. The second-order valence-electron chi connectivity index (χ2n) is 3.31. The number of rotatable bonds is 0. The molecule has 2 heterocycles. The van der Waals surface area contributed by atoms with Crippen molar-refractivity contribution in [1.29, 1.82) is 0 Å². The number of anilines is 1. The molecule has 1 aliphatic rings. The molecule has 1 aromatic heterocycles. The number of aromatic nitrogens is 1. The molecule has 0 aromatic carbocycles. The van der Waals surface area contributed by atoms with E-state index in [2.05, 4.69) is 46.1 Å². The summed E-state index contributed by atoms with van der Waals surface area (Å²) in [5, 5.41) is 3.34. The fourth-order valence-electron chi connectivity index (χ4n) is 1.53. The smallest absolute Gasteiger partial charge is 0.129 e. The second kappa shape index (κ2) is 2.73. The Hall–Kier alpha value is -0.570. The van der Waals surface area contributed by atoms with Gasteiger partial charge in [-0.15, -0.1) is 0 Å². The summed E-state index contributed by atoms with van der Waals surface area (Å²) in [5.41, 5.74) is 1.32. The predicted octanol–water partition coefficient (Wildman–Crippen LogP) is 2.76. The van der Waals surface area contributed by atoms with E-state index in [0.29, 0.717) is 12.0 Å². The van der Waals surface area contributed by atoms with Crippen LogP contribution in [0.5, 0.6) is 0 Å². The molecule has 0 radical (unpaired) electrons. The van der Waals surface area contributed by atoms with Crippen LogP contribution in [-0.4, -0.2) is 11.0 Å². The Kier molecular flexibility index (Phi) is 1.83. The van der Waals surface area contributed by atoms with Crippen molar-refractivity contribution in [2.24, 2.45) is 0 Å². The van der Waals surface area contributed by atoms with Gasteiger partial charge in [-0.1, -0.05) is 6.92 Å². The zero-order valence-corrected chi connectivity index (χ0v) is 8.72. The molecule has 0 fully saturated rings. The van der Waals surface area contributed by atoms with Crippen LogP contribution in [-0.2, 0) is 0 Å². The third-order valence-electron chi connectivity index (χ3n) is 2.49. The summed E-state index contributed by atoms with van der Waals surface area (Å²) in [4.78, 5) is 4.30. The normalized spacial score (nSPS) is 26.6. The van der Waals surface area contributed by atoms with E-state index in [4.69, 9.17) is 0 Å². The maximum atomic E-state index is 4.30. The zero-order valence-electron chi connectivity index (χ0n) is 7.13. The SMILES string of the molecule is CC1Nc2ncc(Br)cc2C1C. The van der Waals surface area contributed by atoms with Crippen LogP contribution in [0.3, 0.4) is 0 Å². The number of hydrogen-bond donors (Lipinski definition) is 1. The summed E-state index contributed by atoms with van der Waals surface area (Å²) >= 11 is 3.42. The first-order valence-corrected chi connectivity index (χ1v) is 4.90. The molecule has 2 atom stereocenters. The monoisotopic (exact) mass is 226 g/mol. The molecular formula is C9H11BrN2. The van der Waals surface area contributed by atoms with Crippen LogP contribution >= 0.6 is 15.9 Å². The van der Waals surface area contributed by atoms with Crippen molar-refractivity contribution >= 4 is 21.7 Å². The lowest BCUT2D eigenvalue weighted by Gasteiger charge is -2.08. The van der Waals surface area contributed by atoms with E-state index < -0.39 is 0 Å². The number of nitrogens with zero attached hydrogens (tertiary/aromatic N) is 1. The number of nitrogens with one attached hydrogen (secondary N) is 1. The Labute approximate surface area is 80.5 Å². The van der Waals surface area contributed by atoms with Gasteiger partial charge in [-0.2, -0.15) is 0 Å². The van der Waals surface area contributed by atoms with Gasteiger partial charge in [0.1, 0.15) is 5.82 Å². The van der Waals surface area contributed by atoms with Gasteiger partial charge in [0.15, 0.2) is 0 Å². The molecule has 0 aliphatic carbocycles. The predicted molar refractivity (Wildman–Crippen MR) is 53.4 cm³/mol. The average molecular weight is 227 g/mol. The number of hydrogen-bond acceptors (Lipinski definition) is 2. The van der Waals surface area contributed by atoms with Gasteiger partial charge in [0.05, 0.1) is 0 Å². The Morgan fingerprint density at radius 3 is 3.00 bits per heavy atom. The van der Waals surface area contributed by atoms with Crippen LogP contribution in [0.25, 0.3) is 0 Å². The Bertz CT molecular complexity index is 311. The van der Waals surface area contributed by atoms with Crippen molar-refractivity contribution in [2.75, 3.05) is 5.32 Å². The van der Waals surface area contributed by atoms with Gasteiger partial charge < -0.3 is 5.32 Å². The van der Waals surface area contributed by atoms with Gasteiger partial charge in [-0.3, -0.25) is 0 Å². The number of pyridine rings is 1. The quantitative estimate of drug-likeness (QED) is 0.737. The molecule has 12 heavy (non-hydrogen) atoms. The van der Waals surface area contributed by atoms with Crippen LogP contribution in [0, 0.1) is 0 Å². The van der Waals surface area contributed by atoms with E-state index in [1.54, 1.807) is 0 Å². The molecule has 0 bridgehead atoms. The molecule has 0 saturated carbocycles. The van der Waals surface area contributed by atoms with E-state index in [-0.39, 0.29) is 0 Å². The zero-order chi connectivity index (χ0) is 8.72. The average Bonchev–Trinajstić information content (AvgIpc) is 2.31. The summed E-state index contributed by atoms with van der Waals surface area (Å²) in [6, 6.07) is 2.64. The molecule has 2 rings (SSSR count). The Balaban J connectivity index is 2.48. The van der Waals surface area contributed by atoms with Crippen LogP contribution in [0.1, 0.15) is 25.3 Å². The van der Waals surface area contributed by atoms with Crippen molar-refractivity contribution < 1.29 is 0 Å². The maximum Gasteiger partial charge on any atom is 0.129 e. The fourth-order valence-corrected chi connectivity index (χ4v) is 1.88. The van der Waals surface area contributed by atoms with Gasteiger partial charge in [-0.25, -0.2) is 4.98 Å². The van der Waals surface area contributed by atoms with Crippen molar-refractivity contribution in [1.82, 2.24) is 4.98 Å². The second-order valence-corrected chi connectivity index (χ2v) is 4.23. The molecule has 1 aliphatic heterocycles. The topological polar surface area (TPSA) is 24.9 Å². The highest BCUT2D eigenvalue weighted by atomic mass is 79.9. The first-order chi connectivity index (χ1) is 5.68. The molecule has 3 heteroatoms. The van der Waals surface area contributed by atoms with Gasteiger partial charge in [0.25, 0.3) is 0 Å².